The summed E-state index contributed by atoms with van der Waals surface area (Å²) >= 11 is 0. The molecule has 1 aliphatic rings. The molecule has 1 saturated heterocycles. The lowest BCUT2D eigenvalue weighted by Gasteiger charge is -2.34. The van der Waals surface area contributed by atoms with E-state index < -0.39 is 6.04 Å². The van der Waals surface area contributed by atoms with E-state index in [4.69, 9.17) is 10.5 Å². The summed E-state index contributed by atoms with van der Waals surface area (Å²) < 4.78 is 5.74. The molecule has 0 spiro atoms. The van der Waals surface area contributed by atoms with E-state index in [2.05, 4.69) is 6.92 Å². The zero-order valence-electron chi connectivity index (χ0n) is 13.4. The maximum atomic E-state index is 12.5. The van der Waals surface area contributed by atoms with Crippen LogP contribution in [0.3, 0.4) is 0 Å². The van der Waals surface area contributed by atoms with Gasteiger partial charge in [0, 0.05) is 19.7 Å². The fourth-order valence-electron chi connectivity index (χ4n) is 2.33. The SMILES string of the molecule is CCCN(CC1CCCCO1)C(=O)[C@@H](N)C(C)(C)C.Cl. The molecule has 1 amide bonds. The van der Waals surface area contributed by atoms with Crippen molar-refractivity contribution < 1.29 is 9.53 Å². The molecule has 1 heterocycles. The molecular formula is C15H31ClN2O2. The molecule has 1 fully saturated rings. The van der Waals surface area contributed by atoms with Crippen molar-refractivity contribution in [3.63, 3.8) is 0 Å². The Morgan fingerprint density at radius 3 is 2.50 bits per heavy atom. The van der Waals surface area contributed by atoms with E-state index in [1.807, 2.05) is 25.7 Å². The van der Waals surface area contributed by atoms with Crippen molar-refractivity contribution in [2.24, 2.45) is 11.1 Å². The summed E-state index contributed by atoms with van der Waals surface area (Å²) in [6, 6.07) is -0.442. The van der Waals surface area contributed by atoms with Crippen LogP contribution in [0.25, 0.3) is 0 Å². The van der Waals surface area contributed by atoms with Crippen LogP contribution in [0.2, 0.25) is 0 Å². The Kier molecular flexibility index (Phi) is 8.71. The molecule has 4 nitrogen and oxygen atoms in total. The molecule has 5 heteroatoms. The average molecular weight is 307 g/mol. The smallest absolute Gasteiger partial charge is 0.240 e. The minimum Gasteiger partial charge on any atom is -0.376 e. The van der Waals surface area contributed by atoms with Gasteiger partial charge in [0.2, 0.25) is 5.91 Å². The number of rotatable bonds is 5. The number of carbonyl (C=O) groups excluding carboxylic acids is 1. The molecule has 0 aliphatic carbocycles. The highest BCUT2D eigenvalue weighted by Crippen LogP contribution is 2.20. The van der Waals surface area contributed by atoms with Gasteiger partial charge in [-0.05, 0) is 31.1 Å². The molecule has 0 aromatic heterocycles. The third-order valence-corrected chi connectivity index (χ3v) is 3.70. The van der Waals surface area contributed by atoms with E-state index in [0.29, 0.717) is 6.54 Å². The summed E-state index contributed by atoms with van der Waals surface area (Å²) in [4.78, 5) is 14.4. The van der Waals surface area contributed by atoms with Crippen LogP contribution in [-0.4, -0.2) is 42.6 Å². The summed E-state index contributed by atoms with van der Waals surface area (Å²) in [5.74, 6) is 0.0588. The molecule has 1 unspecified atom stereocenters. The first-order chi connectivity index (χ1) is 8.86. The van der Waals surface area contributed by atoms with Crippen LogP contribution < -0.4 is 5.73 Å². The van der Waals surface area contributed by atoms with Crippen LogP contribution in [0.15, 0.2) is 0 Å². The largest absolute Gasteiger partial charge is 0.376 e. The molecule has 0 aromatic rings. The number of ether oxygens (including phenoxy) is 1. The van der Waals surface area contributed by atoms with Gasteiger partial charge < -0.3 is 15.4 Å². The standard InChI is InChI=1S/C15H30N2O2.ClH/c1-5-9-17(11-12-8-6-7-10-19-12)14(18)13(16)15(2,3)4;/h12-13H,5-11,16H2,1-4H3;1H/t12?,13-;/m1./s1. The Bertz CT molecular complexity index is 286. The number of halogens is 1. The van der Waals surface area contributed by atoms with Crippen LogP contribution >= 0.6 is 12.4 Å². The van der Waals surface area contributed by atoms with Gasteiger partial charge in [0.15, 0.2) is 0 Å². The number of nitrogens with zero attached hydrogens (tertiary/aromatic N) is 1. The van der Waals surface area contributed by atoms with Crippen molar-refractivity contribution in [2.75, 3.05) is 19.7 Å². The minimum atomic E-state index is -0.442. The van der Waals surface area contributed by atoms with E-state index >= 15 is 0 Å². The fourth-order valence-corrected chi connectivity index (χ4v) is 2.33. The van der Waals surface area contributed by atoms with Gasteiger partial charge in [0.1, 0.15) is 0 Å². The normalized spacial score (nSPS) is 20.9. The van der Waals surface area contributed by atoms with Gasteiger partial charge in [-0.2, -0.15) is 0 Å². The predicted molar refractivity (Wildman–Crippen MR) is 85.1 cm³/mol. The lowest BCUT2D eigenvalue weighted by molar-refractivity contribution is -0.137. The number of nitrogens with two attached hydrogens (primary N) is 1. The highest BCUT2D eigenvalue weighted by atomic mass is 35.5. The minimum absolute atomic E-state index is 0. The van der Waals surface area contributed by atoms with Crippen molar-refractivity contribution in [1.29, 1.82) is 0 Å². The number of hydrogen-bond donors (Lipinski definition) is 1. The number of hydrogen-bond acceptors (Lipinski definition) is 3. The Balaban J connectivity index is 0.00000361. The second-order valence-electron chi connectivity index (χ2n) is 6.62. The monoisotopic (exact) mass is 306 g/mol. The molecule has 0 saturated carbocycles. The third-order valence-electron chi connectivity index (χ3n) is 3.70. The van der Waals surface area contributed by atoms with Gasteiger partial charge in [-0.15, -0.1) is 12.4 Å². The molecule has 1 rings (SSSR count). The Morgan fingerprint density at radius 1 is 1.40 bits per heavy atom. The molecule has 1 aliphatic heterocycles. The summed E-state index contributed by atoms with van der Waals surface area (Å²) in [7, 11) is 0. The van der Waals surface area contributed by atoms with Gasteiger partial charge >= 0.3 is 0 Å². The van der Waals surface area contributed by atoms with Crippen molar-refractivity contribution in [3.05, 3.63) is 0 Å². The molecule has 0 radical (unpaired) electrons. The summed E-state index contributed by atoms with van der Waals surface area (Å²) in [5, 5.41) is 0. The van der Waals surface area contributed by atoms with Gasteiger partial charge in [-0.25, -0.2) is 0 Å². The average Bonchev–Trinajstić information content (AvgIpc) is 2.36. The first-order valence-corrected chi connectivity index (χ1v) is 7.52. The van der Waals surface area contributed by atoms with Crippen LogP contribution in [0, 0.1) is 5.41 Å². The quantitative estimate of drug-likeness (QED) is 0.849. The number of amides is 1. The lowest BCUT2D eigenvalue weighted by Crippen LogP contribution is -2.52. The van der Waals surface area contributed by atoms with Crippen molar-refractivity contribution in [3.8, 4) is 0 Å². The zero-order valence-corrected chi connectivity index (χ0v) is 14.2. The van der Waals surface area contributed by atoms with E-state index in [-0.39, 0.29) is 29.8 Å². The maximum absolute atomic E-state index is 12.5. The molecule has 2 N–H and O–H groups in total. The van der Waals surface area contributed by atoms with Crippen molar-refractivity contribution in [2.45, 2.75) is 65.5 Å². The van der Waals surface area contributed by atoms with Crippen molar-refractivity contribution in [1.82, 2.24) is 4.90 Å². The topological polar surface area (TPSA) is 55.6 Å². The third kappa shape index (κ3) is 5.98. The first kappa shape index (κ1) is 19.7. The second kappa shape index (κ2) is 8.85. The molecule has 120 valence electrons. The summed E-state index contributed by atoms with van der Waals surface area (Å²) in [6.45, 7) is 10.4. The first-order valence-electron chi connectivity index (χ1n) is 7.52. The Labute approximate surface area is 129 Å². The predicted octanol–water partition coefficient (Wildman–Crippen LogP) is 2.59. The van der Waals surface area contributed by atoms with E-state index in [9.17, 15) is 4.79 Å². The molecule has 2 atom stereocenters. The van der Waals surface area contributed by atoms with Gasteiger partial charge in [-0.3, -0.25) is 4.79 Å². The second-order valence-corrected chi connectivity index (χ2v) is 6.62. The van der Waals surface area contributed by atoms with Crippen LogP contribution in [0.5, 0.6) is 0 Å². The Hall–Kier alpha value is -0.320. The molecule has 0 aromatic carbocycles. The zero-order chi connectivity index (χ0) is 14.5. The molecule has 20 heavy (non-hydrogen) atoms. The van der Waals surface area contributed by atoms with E-state index in [1.54, 1.807) is 0 Å². The summed E-state index contributed by atoms with van der Waals surface area (Å²) in [6.07, 6.45) is 4.54. The fraction of sp³-hybridized carbons (Fsp3) is 0.933. The summed E-state index contributed by atoms with van der Waals surface area (Å²) in [5.41, 5.74) is 5.90. The highest BCUT2D eigenvalue weighted by molar-refractivity contribution is 5.85. The van der Waals surface area contributed by atoms with Gasteiger partial charge in [-0.1, -0.05) is 27.7 Å². The van der Waals surface area contributed by atoms with Crippen LogP contribution in [0.1, 0.15) is 53.4 Å². The molecular weight excluding hydrogens is 276 g/mol. The highest BCUT2D eigenvalue weighted by Gasteiger charge is 2.32. The van der Waals surface area contributed by atoms with E-state index in [1.165, 1.54) is 6.42 Å². The van der Waals surface area contributed by atoms with Gasteiger partial charge in [0.25, 0.3) is 0 Å². The maximum Gasteiger partial charge on any atom is 0.240 e. The Morgan fingerprint density at radius 2 is 2.05 bits per heavy atom. The molecule has 0 bridgehead atoms. The van der Waals surface area contributed by atoms with E-state index in [0.717, 1.165) is 32.4 Å². The lowest BCUT2D eigenvalue weighted by atomic mass is 9.86. The van der Waals surface area contributed by atoms with Crippen LogP contribution in [-0.2, 0) is 9.53 Å². The van der Waals surface area contributed by atoms with Crippen molar-refractivity contribution >= 4 is 18.3 Å². The van der Waals surface area contributed by atoms with Crippen LogP contribution in [0.4, 0.5) is 0 Å². The van der Waals surface area contributed by atoms with Gasteiger partial charge in [0.05, 0.1) is 12.1 Å². The number of carbonyl (C=O) groups is 1.